The number of rotatable bonds is 6. The molecule has 0 saturated carbocycles. The molecule has 0 aliphatic rings. The van der Waals surface area contributed by atoms with E-state index in [0.717, 1.165) is 5.69 Å². The lowest BCUT2D eigenvalue weighted by Gasteiger charge is -2.25. The highest BCUT2D eigenvalue weighted by atomic mass is 16.3. The Hall–Kier alpha value is -1.29. The second-order valence-corrected chi connectivity index (χ2v) is 4.08. The van der Waals surface area contributed by atoms with Gasteiger partial charge in [0.2, 0.25) is 5.91 Å². The van der Waals surface area contributed by atoms with Crippen molar-refractivity contribution in [2.45, 2.75) is 38.7 Å². The van der Waals surface area contributed by atoms with E-state index in [0.29, 0.717) is 25.8 Å². The van der Waals surface area contributed by atoms with Crippen LogP contribution in [0.5, 0.6) is 0 Å². The molecule has 4 nitrogen and oxygen atoms in total. The minimum absolute atomic E-state index is 0.0669. The van der Waals surface area contributed by atoms with E-state index in [1.807, 2.05) is 26.0 Å². The molecule has 1 heterocycles. The van der Waals surface area contributed by atoms with Gasteiger partial charge in [0.25, 0.3) is 0 Å². The Bertz CT molecular complexity index is 316. The average molecular weight is 224 g/mol. The molecule has 0 unspecified atom stereocenters. The highest BCUT2D eigenvalue weighted by Crippen LogP contribution is 2.12. The fraction of sp³-hybridized carbons (Fsp3) is 0.583. The number of nitrogens with one attached hydrogen (secondary N) is 2. The number of H-pyrrole nitrogens is 1. The average Bonchev–Trinajstić information content (AvgIpc) is 2.79. The lowest BCUT2D eigenvalue weighted by atomic mass is 9.97. The maximum Gasteiger partial charge on any atom is 0.226 e. The zero-order chi connectivity index (χ0) is 12.0. The van der Waals surface area contributed by atoms with Gasteiger partial charge in [-0.3, -0.25) is 4.79 Å². The molecule has 1 amide bonds. The standard InChI is InChI=1S/C12H20N2O2/c1-3-12(16,4-2)9-14-11(15)8-10-6-5-7-13-10/h5-7,13,16H,3-4,8-9H2,1-2H3,(H,14,15). The fourth-order valence-corrected chi connectivity index (χ4v) is 1.48. The predicted molar refractivity (Wildman–Crippen MR) is 63.0 cm³/mol. The van der Waals surface area contributed by atoms with Gasteiger partial charge in [0.1, 0.15) is 0 Å². The van der Waals surface area contributed by atoms with E-state index < -0.39 is 5.60 Å². The van der Waals surface area contributed by atoms with Crippen LogP contribution in [-0.2, 0) is 11.2 Å². The van der Waals surface area contributed by atoms with E-state index in [4.69, 9.17) is 0 Å². The van der Waals surface area contributed by atoms with E-state index in [-0.39, 0.29) is 5.91 Å². The summed E-state index contributed by atoms with van der Waals surface area (Å²) >= 11 is 0. The topological polar surface area (TPSA) is 65.1 Å². The summed E-state index contributed by atoms with van der Waals surface area (Å²) in [6.45, 7) is 4.15. The van der Waals surface area contributed by atoms with Gasteiger partial charge in [-0.05, 0) is 25.0 Å². The van der Waals surface area contributed by atoms with Crippen molar-refractivity contribution in [2.75, 3.05) is 6.54 Å². The van der Waals surface area contributed by atoms with Gasteiger partial charge in [0.15, 0.2) is 0 Å². The van der Waals surface area contributed by atoms with Crippen molar-refractivity contribution in [3.05, 3.63) is 24.0 Å². The van der Waals surface area contributed by atoms with Gasteiger partial charge in [-0.2, -0.15) is 0 Å². The summed E-state index contributed by atoms with van der Waals surface area (Å²) < 4.78 is 0. The Balaban J connectivity index is 2.35. The quantitative estimate of drug-likeness (QED) is 0.680. The number of aliphatic hydroxyl groups is 1. The van der Waals surface area contributed by atoms with Crippen LogP contribution in [0.15, 0.2) is 18.3 Å². The summed E-state index contributed by atoms with van der Waals surface area (Å²) in [5.41, 5.74) is 0.111. The van der Waals surface area contributed by atoms with Crippen LogP contribution in [0.4, 0.5) is 0 Å². The van der Waals surface area contributed by atoms with Crippen LogP contribution in [0.25, 0.3) is 0 Å². The Labute approximate surface area is 96.1 Å². The molecule has 1 rings (SSSR count). The Kier molecular flexibility index (Phi) is 4.55. The number of aromatic nitrogens is 1. The molecule has 0 radical (unpaired) electrons. The van der Waals surface area contributed by atoms with E-state index in [1.165, 1.54) is 0 Å². The largest absolute Gasteiger partial charge is 0.388 e. The van der Waals surface area contributed by atoms with Crippen LogP contribution < -0.4 is 5.32 Å². The van der Waals surface area contributed by atoms with Gasteiger partial charge < -0.3 is 15.4 Å². The predicted octanol–water partition coefficient (Wildman–Crippen LogP) is 1.22. The maximum absolute atomic E-state index is 11.5. The first-order valence-corrected chi connectivity index (χ1v) is 5.71. The molecule has 0 aromatic carbocycles. The van der Waals surface area contributed by atoms with Gasteiger partial charge >= 0.3 is 0 Å². The summed E-state index contributed by atoms with van der Waals surface area (Å²) in [4.78, 5) is 14.5. The molecule has 0 aliphatic heterocycles. The number of carbonyl (C=O) groups excluding carboxylic acids is 1. The third kappa shape index (κ3) is 3.70. The molecule has 1 aromatic heterocycles. The van der Waals surface area contributed by atoms with Crippen molar-refractivity contribution in [2.24, 2.45) is 0 Å². The Morgan fingerprint density at radius 2 is 2.19 bits per heavy atom. The molecule has 16 heavy (non-hydrogen) atoms. The van der Waals surface area contributed by atoms with Crippen molar-refractivity contribution in [1.82, 2.24) is 10.3 Å². The number of carbonyl (C=O) groups is 1. The molecular weight excluding hydrogens is 204 g/mol. The molecule has 1 aromatic rings. The molecular formula is C12H20N2O2. The SMILES string of the molecule is CCC(O)(CC)CNC(=O)Cc1ccc[nH]1. The van der Waals surface area contributed by atoms with Gasteiger partial charge in [-0.1, -0.05) is 13.8 Å². The van der Waals surface area contributed by atoms with Crippen molar-refractivity contribution < 1.29 is 9.90 Å². The number of hydrogen-bond donors (Lipinski definition) is 3. The van der Waals surface area contributed by atoms with Crippen LogP contribution in [-0.4, -0.2) is 28.1 Å². The molecule has 0 bridgehead atoms. The van der Waals surface area contributed by atoms with Crippen LogP contribution in [0.2, 0.25) is 0 Å². The Morgan fingerprint density at radius 3 is 2.69 bits per heavy atom. The zero-order valence-corrected chi connectivity index (χ0v) is 9.92. The monoisotopic (exact) mass is 224 g/mol. The normalized spacial score (nSPS) is 11.4. The smallest absolute Gasteiger partial charge is 0.226 e. The highest BCUT2D eigenvalue weighted by molar-refractivity contribution is 5.78. The van der Waals surface area contributed by atoms with E-state index in [1.54, 1.807) is 6.20 Å². The minimum Gasteiger partial charge on any atom is -0.388 e. The van der Waals surface area contributed by atoms with E-state index >= 15 is 0 Å². The molecule has 3 N–H and O–H groups in total. The van der Waals surface area contributed by atoms with Gasteiger partial charge in [0.05, 0.1) is 12.0 Å². The van der Waals surface area contributed by atoms with Crippen LogP contribution in [0.3, 0.4) is 0 Å². The van der Waals surface area contributed by atoms with Gasteiger partial charge in [-0.15, -0.1) is 0 Å². The van der Waals surface area contributed by atoms with Crippen LogP contribution >= 0.6 is 0 Å². The van der Waals surface area contributed by atoms with Crippen molar-refractivity contribution in [3.63, 3.8) is 0 Å². The lowest BCUT2D eigenvalue weighted by Crippen LogP contribution is -2.42. The molecule has 0 fully saturated rings. The zero-order valence-electron chi connectivity index (χ0n) is 9.92. The summed E-state index contributed by atoms with van der Waals surface area (Å²) in [6, 6.07) is 3.72. The van der Waals surface area contributed by atoms with E-state index in [2.05, 4.69) is 10.3 Å². The molecule has 4 heteroatoms. The van der Waals surface area contributed by atoms with E-state index in [9.17, 15) is 9.90 Å². The second kappa shape index (κ2) is 5.70. The van der Waals surface area contributed by atoms with Crippen molar-refractivity contribution in [3.8, 4) is 0 Å². The second-order valence-electron chi connectivity index (χ2n) is 4.08. The van der Waals surface area contributed by atoms with Crippen LogP contribution in [0, 0.1) is 0 Å². The fourth-order valence-electron chi connectivity index (χ4n) is 1.48. The highest BCUT2D eigenvalue weighted by Gasteiger charge is 2.22. The van der Waals surface area contributed by atoms with Gasteiger partial charge in [0, 0.05) is 18.4 Å². The summed E-state index contributed by atoms with van der Waals surface area (Å²) in [5.74, 6) is -0.0669. The molecule has 0 saturated heterocycles. The molecule has 0 atom stereocenters. The molecule has 90 valence electrons. The molecule has 0 aliphatic carbocycles. The number of aromatic amines is 1. The van der Waals surface area contributed by atoms with Crippen molar-refractivity contribution in [1.29, 1.82) is 0 Å². The third-order valence-corrected chi connectivity index (χ3v) is 2.94. The van der Waals surface area contributed by atoms with Crippen molar-refractivity contribution >= 4 is 5.91 Å². The summed E-state index contributed by atoms with van der Waals surface area (Å²) in [5, 5.41) is 12.7. The van der Waals surface area contributed by atoms with Gasteiger partial charge in [-0.25, -0.2) is 0 Å². The first-order valence-electron chi connectivity index (χ1n) is 5.71. The lowest BCUT2D eigenvalue weighted by molar-refractivity contribution is -0.121. The first-order chi connectivity index (χ1) is 7.59. The third-order valence-electron chi connectivity index (χ3n) is 2.94. The first kappa shape index (κ1) is 12.8. The van der Waals surface area contributed by atoms with Crippen LogP contribution in [0.1, 0.15) is 32.4 Å². The number of hydrogen-bond acceptors (Lipinski definition) is 2. The Morgan fingerprint density at radius 1 is 1.50 bits per heavy atom. The summed E-state index contributed by atoms with van der Waals surface area (Å²) in [7, 11) is 0. The molecule has 0 spiro atoms. The minimum atomic E-state index is -0.772. The summed E-state index contributed by atoms with van der Waals surface area (Å²) in [6.07, 6.45) is 3.41. The maximum atomic E-state index is 11.5. The number of amides is 1.